The maximum atomic E-state index is 12.6. The number of nitrogens with one attached hydrogen (secondary N) is 1. The Bertz CT molecular complexity index is 881. The fraction of sp³-hybridized carbons (Fsp3) is 0.348. The largest absolute Gasteiger partial charge is 0.497 e. The van der Waals surface area contributed by atoms with Crippen molar-refractivity contribution < 1.29 is 14.3 Å². The Morgan fingerprint density at radius 2 is 1.56 bits per heavy atom. The number of carbonyl (C=O) groups is 1. The molecule has 0 spiro atoms. The number of amides is 1. The molecule has 0 saturated carbocycles. The number of hydrogen-bond acceptors (Lipinski definition) is 3. The Kier molecular flexibility index (Phi) is 5.26. The Morgan fingerprint density at radius 3 is 2.07 bits per heavy atom. The van der Waals surface area contributed by atoms with Gasteiger partial charge in [0.15, 0.2) is 0 Å². The number of hydrogen-bond donors (Lipinski definition) is 1. The highest BCUT2D eigenvalue weighted by molar-refractivity contribution is 6.35. The van der Waals surface area contributed by atoms with Crippen LogP contribution >= 0.6 is 0 Å². The predicted molar refractivity (Wildman–Crippen MR) is 111 cm³/mol. The van der Waals surface area contributed by atoms with Gasteiger partial charge in [-0.1, -0.05) is 27.7 Å². The first-order chi connectivity index (χ1) is 12.8. The minimum Gasteiger partial charge on any atom is -0.497 e. The van der Waals surface area contributed by atoms with E-state index in [-0.39, 0.29) is 5.91 Å². The molecule has 4 nitrogen and oxygen atoms in total. The van der Waals surface area contributed by atoms with Crippen LogP contribution < -0.4 is 14.8 Å². The van der Waals surface area contributed by atoms with Gasteiger partial charge in [0.1, 0.15) is 11.5 Å². The van der Waals surface area contributed by atoms with E-state index >= 15 is 0 Å². The third-order valence-corrected chi connectivity index (χ3v) is 4.94. The molecule has 1 amide bonds. The summed E-state index contributed by atoms with van der Waals surface area (Å²) in [5, 5.41) is 2.93. The van der Waals surface area contributed by atoms with Crippen molar-refractivity contribution in [2.24, 2.45) is 0 Å². The normalized spacial score (nSPS) is 14.7. The van der Waals surface area contributed by atoms with Crippen LogP contribution in [0.3, 0.4) is 0 Å². The monoisotopic (exact) mass is 365 g/mol. The zero-order valence-electron chi connectivity index (χ0n) is 16.8. The third kappa shape index (κ3) is 3.57. The number of carbonyl (C=O) groups excluding carboxylic acids is 1. The van der Waals surface area contributed by atoms with E-state index < -0.39 is 0 Å². The molecule has 2 aromatic rings. The van der Waals surface area contributed by atoms with E-state index in [0.717, 1.165) is 39.4 Å². The molecular formula is C23H27NO3. The summed E-state index contributed by atoms with van der Waals surface area (Å²) in [6.45, 7) is 8.62. The summed E-state index contributed by atoms with van der Waals surface area (Å²) in [6.07, 6.45) is 1.96. The van der Waals surface area contributed by atoms with Gasteiger partial charge in [-0.15, -0.1) is 0 Å². The minimum absolute atomic E-state index is 0.0914. The van der Waals surface area contributed by atoms with Gasteiger partial charge >= 0.3 is 0 Å². The van der Waals surface area contributed by atoms with Gasteiger partial charge in [0.25, 0.3) is 5.91 Å². The molecule has 1 aliphatic rings. The lowest BCUT2D eigenvalue weighted by molar-refractivity contribution is -0.110. The number of fused-ring (bicyclic) bond motifs is 1. The standard InChI is InChI=1S/C23H27NO3/c1-13(2)18-9-15(10-19(14(3)4)22(18)27-6)11-20-17-8-7-16(26-5)12-21(17)24-23(20)25/h7-14H,1-6H3,(H,24,25)/b20-11+. The minimum atomic E-state index is -0.0914. The van der Waals surface area contributed by atoms with E-state index in [1.54, 1.807) is 14.2 Å². The summed E-state index contributed by atoms with van der Waals surface area (Å²) in [6, 6.07) is 9.89. The average Bonchev–Trinajstić information content (AvgIpc) is 2.95. The maximum Gasteiger partial charge on any atom is 0.256 e. The van der Waals surface area contributed by atoms with Crippen LogP contribution in [-0.2, 0) is 4.79 Å². The van der Waals surface area contributed by atoms with Gasteiger partial charge < -0.3 is 14.8 Å². The molecule has 0 aliphatic carbocycles. The van der Waals surface area contributed by atoms with Crippen LogP contribution in [0.5, 0.6) is 11.5 Å². The summed E-state index contributed by atoms with van der Waals surface area (Å²) in [4.78, 5) is 12.6. The average molecular weight is 365 g/mol. The molecule has 0 unspecified atom stereocenters. The van der Waals surface area contributed by atoms with Gasteiger partial charge in [-0.05, 0) is 58.9 Å². The van der Waals surface area contributed by atoms with E-state index in [0.29, 0.717) is 17.4 Å². The summed E-state index contributed by atoms with van der Waals surface area (Å²) in [5.74, 6) is 2.23. The molecule has 142 valence electrons. The molecule has 0 atom stereocenters. The van der Waals surface area contributed by atoms with Crippen LogP contribution in [0.1, 0.15) is 61.8 Å². The Labute approximate surface area is 161 Å². The number of methoxy groups -OCH3 is 2. The highest BCUT2D eigenvalue weighted by Crippen LogP contribution is 2.39. The first kappa shape index (κ1) is 19.0. The van der Waals surface area contributed by atoms with Crippen LogP contribution in [0.25, 0.3) is 11.6 Å². The zero-order chi connectivity index (χ0) is 19.7. The van der Waals surface area contributed by atoms with E-state index in [4.69, 9.17) is 9.47 Å². The Morgan fingerprint density at radius 1 is 0.926 bits per heavy atom. The predicted octanol–water partition coefficient (Wildman–Crippen LogP) is 5.44. The van der Waals surface area contributed by atoms with Crippen LogP contribution in [0.2, 0.25) is 0 Å². The molecule has 0 radical (unpaired) electrons. The van der Waals surface area contributed by atoms with Crippen molar-refractivity contribution in [3.05, 3.63) is 52.6 Å². The summed E-state index contributed by atoms with van der Waals surface area (Å²) >= 11 is 0. The molecule has 1 N–H and O–H groups in total. The number of benzene rings is 2. The molecule has 27 heavy (non-hydrogen) atoms. The van der Waals surface area contributed by atoms with Crippen LogP contribution in [0, 0.1) is 0 Å². The second-order valence-corrected chi connectivity index (χ2v) is 7.47. The SMILES string of the molecule is COc1ccc2c(c1)NC(=O)/C2=C/c1cc(C(C)C)c(OC)c(C(C)C)c1. The first-order valence-electron chi connectivity index (χ1n) is 9.29. The van der Waals surface area contributed by atoms with Gasteiger partial charge in [0, 0.05) is 17.2 Å². The molecule has 0 aromatic heterocycles. The smallest absolute Gasteiger partial charge is 0.256 e. The van der Waals surface area contributed by atoms with Crippen molar-refractivity contribution in [1.29, 1.82) is 0 Å². The van der Waals surface area contributed by atoms with Gasteiger partial charge in [0.05, 0.1) is 19.9 Å². The highest BCUT2D eigenvalue weighted by atomic mass is 16.5. The number of anilines is 1. The number of ether oxygens (including phenoxy) is 2. The third-order valence-electron chi connectivity index (χ3n) is 4.94. The Hall–Kier alpha value is -2.75. The van der Waals surface area contributed by atoms with E-state index in [9.17, 15) is 4.79 Å². The van der Waals surface area contributed by atoms with Crippen molar-refractivity contribution in [1.82, 2.24) is 0 Å². The van der Waals surface area contributed by atoms with Crippen molar-refractivity contribution in [2.45, 2.75) is 39.5 Å². The summed E-state index contributed by atoms with van der Waals surface area (Å²) in [5.41, 5.74) is 5.67. The molecular weight excluding hydrogens is 338 g/mol. The van der Waals surface area contributed by atoms with Crippen LogP contribution in [-0.4, -0.2) is 20.1 Å². The lowest BCUT2D eigenvalue weighted by Crippen LogP contribution is -2.04. The molecule has 0 saturated heterocycles. The van der Waals surface area contributed by atoms with E-state index in [1.807, 2.05) is 24.3 Å². The topological polar surface area (TPSA) is 47.6 Å². The first-order valence-corrected chi connectivity index (χ1v) is 9.29. The molecule has 0 fully saturated rings. The highest BCUT2D eigenvalue weighted by Gasteiger charge is 2.25. The molecule has 1 aliphatic heterocycles. The fourth-order valence-corrected chi connectivity index (χ4v) is 3.49. The fourth-order valence-electron chi connectivity index (χ4n) is 3.49. The van der Waals surface area contributed by atoms with Gasteiger partial charge in [-0.25, -0.2) is 0 Å². The van der Waals surface area contributed by atoms with Gasteiger partial charge in [-0.3, -0.25) is 4.79 Å². The van der Waals surface area contributed by atoms with Crippen molar-refractivity contribution in [3.63, 3.8) is 0 Å². The summed E-state index contributed by atoms with van der Waals surface area (Å²) < 4.78 is 11.0. The molecule has 4 heteroatoms. The second kappa shape index (κ2) is 7.47. The van der Waals surface area contributed by atoms with Crippen molar-refractivity contribution >= 4 is 23.2 Å². The molecule has 3 rings (SSSR count). The maximum absolute atomic E-state index is 12.6. The second-order valence-electron chi connectivity index (χ2n) is 7.47. The van der Waals surface area contributed by atoms with Crippen LogP contribution in [0.4, 0.5) is 5.69 Å². The van der Waals surface area contributed by atoms with Crippen molar-refractivity contribution in [3.8, 4) is 11.5 Å². The zero-order valence-corrected chi connectivity index (χ0v) is 16.8. The lowest BCUT2D eigenvalue weighted by atomic mass is 9.90. The van der Waals surface area contributed by atoms with Gasteiger partial charge in [-0.2, -0.15) is 0 Å². The lowest BCUT2D eigenvalue weighted by Gasteiger charge is -2.19. The molecule has 1 heterocycles. The molecule has 2 aromatic carbocycles. The summed E-state index contributed by atoms with van der Waals surface area (Å²) in [7, 11) is 3.34. The number of rotatable bonds is 5. The molecule has 0 bridgehead atoms. The van der Waals surface area contributed by atoms with E-state index in [1.165, 1.54) is 0 Å². The van der Waals surface area contributed by atoms with Crippen LogP contribution in [0.15, 0.2) is 30.3 Å². The Balaban J connectivity index is 2.14. The van der Waals surface area contributed by atoms with Gasteiger partial charge in [0.2, 0.25) is 0 Å². The van der Waals surface area contributed by atoms with E-state index in [2.05, 4.69) is 45.1 Å². The van der Waals surface area contributed by atoms with Crippen molar-refractivity contribution in [2.75, 3.05) is 19.5 Å². The quantitative estimate of drug-likeness (QED) is 0.717.